The van der Waals surface area contributed by atoms with E-state index in [1.54, 1.807) is 0 Å². The number of rotatable bonds is 4. The van der Waals surface area contributed by atoms with Gasteiger partial charge in [-0.3, -0.25) is 4.79 Å². The molecule has 0 bridgehead atoms. The smallest absolute Gasteiger partial charge is 0.406 e. The second kappa shape index (κ2) is 5.93. The van der Waals surface area contributed by atoms with Crippen LogP contribution in [0.25, 0.3) is 0 Å². The van der Waals surface area contributed by atoms with Crippen LogP contribution >= 0.6 is 0 Å². The number of benzene rings is 1. The Hall–Kier alpha value is -1.76. The van der Waals surface area contributed by atoms with Gasteiger partial charge in [-0.05, 0) is 37.1 Å². The molecule has 7 heteroatoms. The fourth-order valence-corrected chi connectivity index (χ4v) is 2.52. The Bertz CT molecular complexity index is 494. The lowest BCUT2D eigenvalue weighted by molar-refractivity contribution is -0.274. The van der Waals surface area contributed by atoms with E-state index < -0.39 is 11.9 Å². The molecule has 0 unspecified atom stereocenters. The zero-order valence-corrected chi connectivity index (χ0v) is 11.4. The maximum absolute atomic E-state index is 12.0. The number of anilines is 1. The first kappa shape index (κ1) is 15.6. The van der Waals surface area contributed by atoms with Gasteiger partial charge < -0.3 is 15.8 Å². The minimum atomic E-state index is -4.72. The van der Waals surface area contributed by atoms with Gasteiger partial charge in [0.1, 0.15) is 5.75 Å². The van der Waals surface area contributed by atoms with Gasteiger partial charge in [0, 0.05) is 17.6 Å². The molecule has 3 N–H and O–H groups in total. The molecule has 116 valence electrons. The Labute approximate surface area is 120 Å². The number of alkyl halides is 3. The largest absolute Gasteiger partial charge is 0.573 e. The van der Waals surface area contributed by atoms with Gasteiger partial charge in [0.25, 0.3) is 0 Å². The third-order valence-corrected chi connectivity index (χ3v) is 3.48. The van der Waals surface area contributed by atoms with E-state index >= 15 is 0 Å². The highest BCUT2D eigenvalue weighted by Gasteiger charge is 2.32. The van der Waals surface area contributed by atoms with Crippen LogP contribution in [0.2, 0.25) is 0 Å². The standard InChI is InChI=1S/C14H17F3N2O2/c15-14(16,17)21-11-5-3-10(4-6-11)19-12(20)9-13(18)7-1-2-8-13/h3-6H,1-2,7-9,18H2,(H,19,20). The molecule has 0 aliphatic heterocycles. The maximum Gasteiger partial charge on any atom is 0.573 e. The number of halogens is 3. The molecule has 1 aliphatic rings. The number of hydrogen-bond donors (Lipinski definition) is 2. The summed E-state index contributed by atoms with van der Waals surface area (Å²) >= 11 is 0. The molecule has 0 atom stereocenters. The minimum Gasteiger partial charge on any atom is -0.406 e. The summed E-state index contributed by atoms with van der Waals surface area (Å²) < 4.78 is 39.8. The molecule has 0 spiro atoms. The van der Waals surface area contributed by atoms with Crippen molar-refractivity contribution in [2.24, 2.45) is 5.73 Å². The summed E-state index contributed by atoms with van der Waals surface area (Å²) in [5.74, 6) is -0.560. The molecule has 1 saturated carbocycles. The van der Waals surface area contributed by atoms with Crippen molar-refractivity contribution in [1.29, 1.82) is 0 Å². The number of nitrogens with one attached hydrogen (secondary N) is 1. The number of nitrogens with two attached hydrogens (primary N) is 1. The summed E-state index contributed by atoms with van der Waals surface area (Å²) in [6.45, 7) is 0. The lowest BCUT2D eigenvalue weighted by Gasteiger charge is -2.22. The molecule has 0 radical (unpaired) electrons. The van der Waals surface area contributed by atoms with E-state index in [0.29, 0.717) is 5.69 Å². The molecule has 0 saturated heterocycles. The molecule has 1 amide bonds. The van der Waals surface area contributed by atoms with Crippen molar-refractivity contribution >= 4 is 11.6 Å². The minimum absolute atomic E-state index is 0.216. The van der Waals surface area contributed by atoms with E-state index in [9.17, 15) is 18.0 Å². The average molecular weight is 302 g/mol. The first-order valence-corrected chi connectivity index (χ1v) is 6.70. The summed E-state index contributed by atoms with van der Waals surface area (Å²) in [5.41, 5.74) is 6.06. The molecule has 1 aromatic rings. The van der Waals surface area contributed by atoms with Crippen LogP contribution in [0.5, 0.6) is 5.75 Å². The van der Waals surface area contributed by atoms with Crippen LogP contribution in [0, 0.1) is 0 Å². The molecule has 2 rings (SSSR count). The quantitative estimate of drug-likeness (QED) is 0.897. The van der Waals surface area contributed by atoms with Crippen molar-refractivity contribution in [2.45, 2.75) is 44.0 Å². The molecule has 1 fully saturated rings. The summed E-state index contributed by atoms with van der Waals surface area (Å²) in [5, 5.41) is 2.63. The second-order valence-electron chi connectivity index (χ2n) is 5.37. The van der Waals surface area contributed by atoms with Crippen LogP contribution in [-0.2, 0) is 4.79 Å². The van der Waals surface area contributed by atoms with E-state index in [1.807, 2.05) is 0 Å². The fraction of sp³-hybridized carbons (Fsp3) is 0.500. The molecular weight excluding hydrogens is 285 g/mol. The SMILES string of the molecule is NC1(CC(=O)Nc2ccc(OC(F)(F)F)cc2)CCCC1. The van der Waals surface area contributed by atoms with Crippen molar-refractivity contribution in [3.05, 3.63) is 24.3 Å². The highest BCUT2D eigenvalue weighted by molar-refractivity contribution is 5.91. The van der Waals surface area contributed by atoms with Crippen LogP contribution in [0.1, 0.15) is 32.1 Å². The molecular formula is C14H17F3N2O2. The number of hydrogen-bond acceptors (Lipinski definition) is 3. The van der Waals surface area contributed by atoms with E-state index in [2.05, 4.69) is 10.1 Å². The van der Waals surface area contributed by atoms with Gasteiger partial charge in [-0.1, -0.05) is 12.8 Å². The van der Waals surface area contributed by atoms with Crippen LogP contribution in [-0.4, -0.2) is 17.8 Å². The number of carbonyl (C=O) groups is 1. The first-order chi connectivity index (χ1) is 9.76. The molecule has 4 nitrogen and oxygen atoms in total. The fourth-order valence-electron chi connectivity index (χ4n) is 2.52. The van der Waals surface area contributed by atoms with Crippen LogP contribution in [0.15, 0.2) is 24.3 Å². The van der Waals surface area contributed by atoms with Gasteiger partial charge >= 0.3 is 6.36 Å². The number of amides is 1. The van der Waals surface area contributed by atoms with Crippen LogP contribution < -0.4 is 15.8 Å². The Balaban J connectivity index is 1.89. The zero-order valence-electron chi connectivity index (χ0n) is 11.4. The third kappa shape index (κ3) is 4.93. The Morgan fingerprint density at radius 2 is 1.81 bits per heavy atom. The molecule has 0 aromatic heterocycles. The van der Waals surface area contributed by atoms with E-state index in [0.717, 1.165) is 37.8 Å². The maximum atomic E-state index is 12.0. The molecule has 1 aromatic carbocycles. The van der Waals surface area contributed by atoms with Crippen molar-refractivity contribution in [3.63, 3.8) is 0 Å². The highest BCUT2D eigenvalue weighted by atomic mass is 19.4. The first-order valence-electron chi connectivity index (χ1n) is 6.70. The zero-order chi connectivity index (χ0) is 15.5. The van der Waals surface area contributed by atoms with Gasteiger partial charge in [-0.2, -0.15) is 0 Å². The summed E-state index contributed by atoms with van der Waals surface area (Å²) in [6, 6.07) is 5.02. The van der Waals surface area contributed by atoms with E-state index in [4.69, 9.17) is 5.73 Å². The van der Waals surface area contributed by atoms with Crippen molar-refractivity contribution in [2.75, 3.05) is 5.32 Å². The Kier molecular flexibility index (Phi) is 4.41. The monoisotopic (exact) mass is 302 g/mol. The average Bonchev–Trinajstić information content (AvgIpc) is 2.76. The second-order valence-corrected chi connectivity index (χ2v) is 5.37. The number of ether oxygens (including phenoxy) is 1. The van der Waals surface area contributed by atoms with Crippen molar-refractivity contribution < 1.29 is 22.7 Å². The summed E-state index contributed by atoms with van der Waals surface area (Å²) in [7, 11) is 0. The van der Waals surface area contributed by atoms with E-state index in [-0.39, 0.29) is 18.1 Å². The van der Waals surface area contributed by atoms with Crippen molar-refractivity contribution in [3.8, 4) is 5.75 Å². The lowest BCUT2D eigenvalue weighted by Crippen LogP contribution is -2.40. The third-order valence-electron chi connectivity index (χ3n) is 3.48. The predicted octanol–water partition coefficient (Wildman–Crippen LogP) is 3.19. The normalized spacial score (nSPS) is 17.5. The number of carbonyl (C=O) groups excluding carboxylic acids is 1. The van der Waals surface area contributed by atoms with Crippen LogP contribution in [0.4, 0.5) is 18.9 Å². The highest BCUT2D eigenvalue weighted by Crippen LogP contribution is 2.30. The van der Waals surface area contributed by atoms with Gasteiger partial charge in [-0.15, -0.1) is 13.2 Å². The van der Waals surface area contributed by atoms with Gasteiger partial charge in [-0.25, -0.2) is 0 Å². The topological polar surface area (TPSA) is 64.4 Å². The molecule has 21 heavy (non-hydrogen) atoms. The van der Waals surface area contributed by atoms with Crippen molar-refractivity contribution in [1.82, 2.24) is 0 Å². The Morgan fingerprint density at radius 1 is 1.24 bits per heavy atom. The van der Waals surface area contributed by atoms with Gasteiger partial charge in [0.05, 0.1) is 0 Å². The van der Waals surface area contributed by atoms with E-state index in [1.165, 1.54) is 12.1 Å². The van der Waals surface area contributed by atoms with Gasteiger partial charge in [0.2, 0.25) is 5.91 Å². The summed E-state index contributed by atoms with van der Waals surface area (Å²) in [6.07, 6.45) is -0.828. The van der Waals surface area contributed by atoms with Crippen LogP contribution in [0.3, 0.4) is 0 Å². The molecule has 0 heterocycles. The summed E-state index contributed by atoms with van der Waals surface area (Å²) in [4.78, 5) is 11.9. The lowest BCUT2D eigenvalue weighted by atomic mass is 9.94. The molecule has 1 aliphatic carbocycles. The predicted molar refractivity (Wildman–Crippen MR) is 71.8 cm³/mol. The Morgan fingerprint density at radius 3 is 2.33 bits per heavy atom. The van der Waals surface area contributed by atoms with Gasteiger partial charge in [0.15, 0.2) is 0 Å².